The van der Waals surface area contributed by atoms with E-state index in [0.29, 0.717) is 16.5 Å². The van der Waals surface area contributed by atoms with Crippen LogP contribution in [0.4, 0.5) is 4.39 Å². The lowest BCUT2D eigenvalue weighted by molar-refractivity contribution is 0.0778. The van der Waals surface area contributed by atoms with Gasteiger partial charge in [0, 0.05) is 23.0 Å². The van der Waals surface area contributed by atoms with Crippen LogP contribution in [-0.2, 0) is 6.54 Å². The van der Waals surface area contributed by atoms with Gasteiger partial charge in [-0.05, 0) is 30.3 Å². The van der Waals surface area contributed by atoms with Crippen LogP contribution in [0.15, 0.2) is 77.6 Å². The van der Waals surface area contributed by atoms with Gasteiger partial charge in [0.25, 0.3) is 11.5 Å². The van der Waals surface area contributed by atoms with E-state index in [2.05, 4.69) is 5.10 Å². The lowest BCUT2D eigenvalue weighted by Crippen LogP contribution is -2.31. The molecule has 1 amide bonds. The highest BCUT2D eigenvalue weighted by molar-refractivity contribution is 6.31. The predicted octanol–water partition coefficient (Wildman–Crippen LogP) is 4.45. The van der Waals surface area contributed by atoms with Crippen LogP contribution >= 0.6 is 11.6 Å². The minimum atomic E-state index is -0.491. The number of aromatic nitrogens is 2. The summed E-state index contributed by atoms with van der Waals surface area (Å²) in [4.78, 5) is 27.6. The average Bonchev–Trinajstić information content (AvgIpc) is 2.77. The Kier molecular flexibility index (Phi) is 5.33. The molecule has 4 rings (SSSR count). The van der Waals surface area contributed by atoms with Crippen LogP contribution in [0.2, 0.25) is 5.02 Å². The van der Waals surface area contributed by atoms with E-state index in [1.54, 1.807) is 61.6 Å². The van der Waals surface area contributed by atoms with Gasteiger partial charge in [0.15, 0.2) is 5.69 Å². The summed E-state index contributed by atoms with van der Waals surface area (Å²) >= 11 is 6.11. The Morgan fingerprint density at radius 3 is 2.37 bits per heavy atom. The van der Waals surface area contributed by atoms with E-state index < -0.39 is 11.7 Å². The lowest BCUT2D eigenvalue weighted by Gasteiger charge is -2.19. The molecule has 1 heterocycles. The number of carbonyl (C=O) groups excluding carboxylic acids is 1. The van der Waals surface area contributed by atoms with Crippen molar-refractivity contribution in [3.05, 3.63) is 105 Å². The normalized spacial score (nSPS) is 10.9. The van der Waals surface area contributed by atoms with Gasteiger partial charge in [0.05, 0.1) is 17.6 Å². The van der Waals surface area contributed by atoms with Crippen molar-refractivity contribution in [3.8, 4) is 5.69 Å². The molecule has 0 spiro atoms. The summed E-state index contributed by atoms with van der Waals surface area (Å²) in [7, 11) is 1.54. The maximum absolute atomic E-state index is 14.2. The number of hydrogen-bond donors (Lipinski definition) is 0. The molecule has 0 atom stereocenters. The third kappa shape index (κ3) is 3.57. The number of para-hydroxylation sites is 1. The molecule has 0 radical (unpaired) electrons. The van der Waals surface area contributed by atoms with Gasteiger partial charge >= 0.3 is 0 Å². The largest absolute Gasteiger partial charge is 0.336 e. The minimum absolute atomic E-state index is 0.0369. The standard InChI is InChI=1S/C23H17ClFN3O2/c1-27(14-18-19(24)12-7-13-20(18)25)23(30)21-16-10-5-6-11-17(16)22(29)28(26-21)15-8-3-2-4-9-15/h2-13H,14H2,1H3. The van der Waals surface area contributed by atoms with Gasteiger partial charge in [-0.2, -0.15) is 9.78 Å². The first-order valence-corrected chi connectivity index (χ1v) is 9.61. The quantitative estimate of drug-likeness (QED) is 0.489. The zero-order valence-electron chi connectivity index (χ0n) is 16.0. The van der Waals surface area contributed by atoms with Gasteiger partial charge in [0.1, 0.15) is 5.82 Å². The third-order valence-electron chi connectivity index (χ3n) is 4.81. The molecular formula is C23H17ClFN3O2. The molecule has 0 aliphatic carbocycles. The highest BCUT2D eigenvalue weighted by Crippen LogP contribution is 2.22. The number of benzene rings is 3. The van der Waals surface area contributed by atoms with E-state index in [1.165, 1.54) is 21.7 Å². The molecule has 3 aromatic carbocycles. The number of hydrogen-bond acceptors (Lipinski definition) is 3. The number of fused-ring (bicyclic) bond motifs is 1. The number of nitrogens with zero attached hydrogens (tertiary/aromatic N) is 3. The molecule has 0 saturated heterocycles. The maximum Gasteiger partial charge on any atom is 0.279 e. The number of amides is 1. The van der Waals surface area contributed by atoms with E-state index in [4.69, 9.17) is 11.6 Å². The molecule has 0 saturated carbocycles. The first kappa shape index (κ1) is 19.8. The fourth-order valence-electron chi connectivity index (χ4n) is 3.26. The highest BCUT2D eigenvalue weighted by atomic mass is 35.5. The SMILES string of the molecule is CN(Cc1c(F)cccc1Cl)C(=O)c1nn(-c2ccccc2)c(=O)c2ccccc12. The summed E-state index contributed by atoms with van der Waals surface area (Å²) in [6.07, 6.45) is 0. The summed E-state index contributed by atoms with van der Waals surface area (Å²) < 4.78 is 15.4. The predicted molar refractivity (Wildman–Crippen MR) is 115 cm³/mol. The van der Waals surface area contributed by atoms with Crippen LogP contribution in [0.25, 0.3) is 16.5 Å². The van der Waals surface area contributed by atoms with Gasteiger partial charge in [-0.25, -0.2) is 4.39 Å². The Morgan fingerprint density at radius 2 is 1.67 bits per heavy atom. The maximum atomic E-state index is 14.2. The van der Waals surface area contributed by atoms with E-state index in [0.717, 1.165) is 0 Å². The van der Waals surface area contributed by atoms with Crippen molar-refractivity contribution >= 4 is 28.3 Å². The van der Waals surface area contributed by atoms with E-state index >= 15 is 0 Å². The first-order valence-electron chi connectivity index (χ1n) is 9.23. The molecule has 150 valence electrons. The van der Waals surface area contributed by atoms with Crippen LogP contribution in [0.3, 0.4) is 0 Å². The van der Waals surface area contributed by atoms with Crippen molar-refractivity contribution in [3.63, 3.8) is 0 Å². The zero-order chi connectivity index (χ0) is 21.3. The fraction of sp³-hybridized carbons (Fsp3) is 0.0870. The van der Waals surface area contributed by atoms with Gasteiger partial charge in [-0.15, -0.1) is 0 Å². The minimum Gasteiger partial charge on any atom is -0.336 e. The number of halogens is 2. The van der Waals surface area contributed by atoms with Crippen LogP contribution in [0.5, 0.6) is 0 Å². The van der Waals surface area contributed by atoms with Gasteiger partial charge in [0.2, 0.25) is 0 Å². The summed E-state index contributed by atoms with van der Waals surface area (Å²) in [5, 5.41) is 5.41. The average molecular weight is 422 g/mol. The topological polar surface area (TPSA) is 55.2 Å². The molecule has 0 N–H and O–H groups in total. The second-order valence-corrected chi connectivity index (χ2v) is 7.22. The van der Waals surface area contributed by atoms with Crippen LogP contribution < -0.4 is 5.56 Å². The summed E-state index contributed by atoms with van der Waals surface area (Å²) in [6, 6.07) is 20.0. The summed E-state index contributed by atoms with van der Waals surface area (Å²) in [5.41, 5.74) is 0.537. The van der Waals surface area contributed by atoms with Crippen molar-refractivity contribution in [2.24, 2.45) is 0 Å². The molecule has 0 aliphatic rings. The number of carbonyl (C=O) groups is 1. The highest BCUT2D eigenvalue weighted by Gasteiger charge is 2.22. The monoisotopic (exact) mass is 421 g/mol. The van der Waals surface area contributed by atoms with Crippen LogP contribution in [0.1, 0.15) is 16.1 Å². The Balaban J connectivity index is 1.82. The van der Waals surface area contributed by atoms with Crippen molar-refractivity contribution in [2.75, 3.05) is 7.05 Å². The van der Waals surface area contributed by atoms with Gasteiger partial charge < -0.3 is 4.90 Å². The van der Waals surface area contributed by atoms with Crippen molar-refractivity contribution in [1.29, 1.82) is 0 Å². The third-order valence-corrected chi connectivity index (χ3v) is 5.17. The van der Waals surface area contributed by atoms with E-state index in [9.17, 15) is 14.0 Å². The molecule has 0 unspecified atom stereocenters. The van der Waals surface area contributed by atoms with Crippen molar-refractivity contribution in [2.45, 2.75) is 6.54 Å². The molecule has 7 heteroatoms. The lowest BCUT2D eigenvalue weighted by atomic mass is 10.1. The van der Waals surface area contributed by atoms with E-state index in [-0.39, 0.29) is 28.4 Å². The molecule has 1 aromatic heterocycles. The molecule has 4 aromatic rings. The van der Waals surface area contributed by atoms with Crippen molar-refractivity contribution in [1.82, 2.24) is 14.7 Å². The first-order chi connectivity index (χ1) is 14.5. The molecular weight excluding hydrogens is 405 g/mol. The second kappa shape index (κ2) is 8.08. The summed E-state index contributed by atoms with van der Waals surface area (Å²) in [6.45, 7) is -0.0369. The molecule has 0 bridgehead atoms. The van der Waals surface area contributed by atoms with Gasteiger partial charge in [-0.3, -0.25) is 9.59 Å². The van der Waals surface area contributed by atoms with Crippen LogP contribution in [-0.4, -0.2) is 27.6 Å². The Bertz CT molecular complexity index is 1280. The molecule has 5 nitrogen and oxygen atoms in total. The molecule has 0 aliphatic heterocycles. The van der Waals surface area contributed by atoms with Crippen molar-refractivity contribution < 1.29 is 9.18 Å². The van der Waals surface area contributed by atoms with E-state index in [1.807, 2.05) is 6.07 Å². The van der Waals surface area contributed by atoms with Crippen LogP contribution in [0, 0.1) is 5.82 Å². The summed E-state index contributed by atoms with van der Waals surface area (Å²) in [5.74, 6) is -0.940. The Morgan fingerprint density at radius 1 is 1.00 bits per heavy atom. The van der Waals surface area contributed by atoms with Gasteiger partial charge in [-0.1, -0.05) is 54.1 Å². The zero-order valence-corrected chi connectivity index (χ0v) is 16.8. The fourth-order valence-corrected chi connectivity index (χ4v) is 3.49. The Hall–Kier alpha value is -3.51. The molecule has 30 heavy (non-hydrogen) atoms. The number of rotatable bonds is 4. The smallest absolute Gasteiger partial charge is 0.279 e. The molecule has 0 fully saturated rings. The second-order valence-electron chi connectivity index (χ2n) is 6.81. The Labute approximate surface area is 176 Å².